The third-order valence-corrected chi connectivity index (χ3v) is 5.15. The molecule has 2 aromatic rings. The van der Waals surface area contributed by atoms with Gasteiger partial charge in [-0.3, -0.25) is 0 Å². The average Bonchev–Trinajstić information content (AvgIpc) is 2.75. The number of fused-ring (bicyclic) bond motifs is 3. The maximum absolute atomic E-state index is 2.40. The van der Waals surface area contributed by atoms with Crippen LogP contribution in [0.15, 0.2) is 66.8 Å². The number of allylic oxidation sites excluding steroid dienone is 5. The Kier molecular flexibility index (Phi) is 4.58. The van der Waals surface area contributed by atoms with Crippen LogP contribution in [-0.2, 0) is 5.41 Å². The molecule has 0 spiro atoms. The van der Waals surface area contributed by atoms with Crippen molar-refractivity contribution in [1.82, 2.24) is 0 Å². The van der Waals surface area contributed by atoms with Gasteiger partial charge in [-0.15, -0.1) is 0 Å². The van der Waals surface area contributed by atoms with Gasteiger partial charge in [-0.2, -0.15) is 0 Å². The fourth-order valence-corrected chi connectivity index (χ4v) is 3.73. The van der Waals surface area contributed by atoms with Crippen molar-refractivity contribution < 1.29 is 0 Å². The molecule has 0 bridgehead atoms. The molecule has 0 unspecified atom stereocenters. The minimum atomic E-state index is 0.0660. The van der Waals surface area contributed by atoms with Crippen LogP contribution in [0, 0.1) is 3.57 Å². The van der Waals surface area contributed by atoms with E-state index in [1.807, 2.05) is 25.2 Å². The summed E-state index contributed by atoms with van der Waals surface area (Å²) in [7, 11) is 0. The summed E-state index contributed by atoms with van der Waals surface area (Å²) in [4.78, 5) is 0. The predicted octanol–water partition coefficient (Wildman–Crippen LogP) is 6.74. The van der Waals surface area contributed by atoms with Crippen LogP contribution in [0.3, 0.4) is 0 Å². The molecule has 116 valence electrons. The molecule has 0 aliphatic heterocycles. The maximum atomic E-state index is 2.40. The van der Waals surface area contributed by atoms with Gasteiger partial charge in [0, 0.05) is 8.99 Å². The van der Waals surface area contributed by atoms with E-state index < -0.39 is 0 Å². The highest BCUT2D eigenvalue weighted by Gasteiger charge is 2.35. The largest absolute Gasteiger partial charge is 0.0877 e. The van der Waals surface area contributed by atoms with Gasteiger partial charge in [0.05, 0.1) is 0 Å². The van der Waals surface area contributed by atoms with Crippen LogP contribution in [0.5, 0.6) is 0 Å². The molecule has 1 aliphatic rings. The van der Waals surface area contributed by atoms with Gasteiger partial charge in [-0.05, 0) is 69.5 Å². The van der Waals surface area contributed by atoms with E-state index in [-0.39, 0.29) is 5.41 Å². The smallest absolute Gasteiger partial charge is 0.0159 e. The first-order chi connectivity index (χ1) is 11.0. The SMILES string of the molecule is C\C=C/C=C\C=C\c1ccc2c(c1)C(C)(C)c1cc(I)ccc1-2. The van der Waals surface area contributed by atoms with E-state index in [1.54, 1.807) is 0 Å². The lowest BCUT2D eigenvalue weighted by molar-refractivity contribution is 0.660. The van der Waals surface area contributed by atoms with Gasteiger partial charge in [0.25, 0.3) is 0 Å². The summed E-state index contributed by atoms with van der Waals surface area (Å²) in [6, 6.07) is 13.6. The first-order valence-electron chi connectivity index (χ1n) is 7.95. The van der Waals surface area contributed by atoms with Crippen LogP contribution in [0.25, 0.3) is 17.2 Å². The number of hydrogen-bond acceptors (Lipinski definition) is 0. The molecule has 23 heavy (non-hydrogen) atoms. The summed E-state index contributed by atoms with van der Waals surface area (Å²) in [5.41, 5.74) is 6.94. The third-order valence-electron chi connectivity index (χ3n) is 4.48. The number of hydrogen-bond donors (Lipinski definition) is 0. The zero-order valence-corrected chi connectivity index (χ0v) is 16.0. The molecule has 2 aromatic carbocycles. The van der Waals surface area contributed by atoms with Crippen molar-refractivity contribution in [1.29, 1.82) is 0 Å². The van der Waals surface area contributed by atoms with Gasteiger partial charge in [0.15, 0.2) is 0 Å². The average molecular weight is 412 g/mol. The van der Waals surface area contributed by atoms with E-state index in [0.717, 1.165) is 0 Å². The van der Waals surface area contributed by atoms with Crippen molar-refractivity contribution in [3.05, 3.63) is 87.0 Å². The fourth-order valence-electron chi connectivity index (χ4n) is 3.24. The fraction of sp³-hybridized carbons (Fsp3) is 0.182. The van der Waals surface area contributed by atoms with Gasteiger partial charge >= 0.3 is 0 Å². The molecule has 0 nitrogen and oxygen atoms in total. The van der Waals surface area contributed by atoms with Crippen molar-refractivity contribution in [2.75, 3.05) is 0 Å². The second kappa shape index (κ2) is 6.48. The Morgan fingerprint density at radius 2 is 1.48 bits per heavy atom. The zero-order valence-electron chi connectivity index (χ0n) is 13.8. The summed E-state index contributed by atoms with van der Waals surface area (Å²) in [5, 5.41) is 0. The van der Waals surface area contributed by atoms with Gasteiger partial charge in [-0.1, -0.05) is 74.6 Å². The molecule has 0 radical (unpaired) electrons. The third kappa shape index (κ3) is 3.07. The first kappa shape index (κ1) is 16.3. The second-order valence-corrected chi connectivity index (χ2v) is 7.64. The molecule has 0 fully saturated rings. The minimum absolute atomic E-state index is 0.0660. The predicted molar refractivity (Wildman–Crippen MR) is 110 cm³/mol. The van der Waals surface area contributed by atoms with Crippen LogP contribution in [0.4, 0.5) is 0 Å². The van der Waals surface area contributed by atoms with Crippen molar-refractivity contribution in [3.63, 3.8) is 0 Å². The Morgan fingerprint density at radius 1 is 0.826 bits per heavy atom. The summed E-state index contributed by atoms with van der Waals surface area (Å²) in [5.74, 6) is 0. The lowest BCUT2D eigenvalue weighted by Crippen LogP contribution is -2.15. The molecule has 0 heterocycles. The van der Waals surface area contributed by atoms with Crippen LogP contribution in [0.2, 0.25) is 0 Å². The number of halogens is 1. The molecule has 0 saturated heterocycles. The topological polar surface area (TPSA) is 0 Å². The summed E-state index contributed by atoms with van der Waals surface area (Å²) < 4.78 is 1.30. The van der Waals surface area contributed by atoms with Crippen LogP contribution >= 0.6 is 22.6 Å². The highest BCUT2D eigenvalue weighted by Crippen LogP contribution is 2.49. The molecule has 0 atom stereocenters. The number of rotatable bonds is 3. The van der Waals surface area contributed by atoms with Crippen LogP contribution < -0.4 is 0 Å². The summed E-state index contributed by atoms with van der Waals surface area (Å²) >= 11 is 2.40. The Bertz CT molecular complexity index is 820. The van der Waals surface area contributed by atoms with Crippen molar-refractivity contribution in [3.8, 4) is 11.1 Å². The van der Waals surface area contributed by atoms with Gasteiger partial charge in [-0.25, -0.2) is 0 Å². The zero-order chi connectivity index (χ0) is 16.4. The van der Waals surface area contributed by atoms with E-state index >= 15 is 0 Å². The lowest BCUT2D eigenvalue weighted by atomic mass is 9.82. The normalized spacial score (nSPS) is 15.7. The van der Waals surface area contributed by atoms with Gasteiger partial charge < -0.3 is 0 Å². The van der Waals surface area contributed by atoms with Crippen molar-refractivity contribution in [2.24, 2.45) is 0 Å². The minimum Gasteiger partial charge on any atom is -0.0877 e. The van der Waals surface area contributed by atoms with Crippen molar-refractivity contribution in [2.45, 2.75) is 26.2 Å². The quantitative estimate of drug-likeness (QED) is 0.387. The molecule has 1 aliphatic carbocycles. The summed E-state index contributed by atoms with van der Waals surface area (Å²) in [6.45, 7) is 6.68. The molecular formula is C22H21I. The van der Waals surface area contributed by atoms with Gasteiger partial charge in [0.1, 0.15) is 0 Å². The molecule has 3 rings (SSSR count). The molecule has 0 aromatic heterocycles. The Balaban J connectivity index is 1.99. The Labute approximate surface area is 152 Å². The molecule has 0 amide bonds. The van der Waals surface area contributed by atoms with Crippen molar-refractivity contribution >= 4 is 28.7 Å². The molecule has 0 saturated carbocycles. The highest BCUT2D eigenvalue weighted by atomic mass is 127. The van der Waals surface area contributed by atoms with E-state index in [9.17, 15) is 0 Å². The maximum Gasteiger partial charge on any atom is 0.0159 e. The Hall–Kier alpha value is -1.61. The monoisotopic (exact) mass is 412 g/mol. The van der Waals surface area contributed by atoms with E-state index in [2.05, 4.69) is 91.1 Å². The summed E-state index contributed by atoms with van der Waals surface area (Å²) in [6.07, 6.45) is 12.4. The van der Waals surface area contributed by atoms with Gasteiger partial charge in [0.2, 0.25) is 0 Å². The highest BCUT2D eigenvalue weighted by molar-refractivity contribution is 14.1. The van der Waals surface area contributed by atoms with Crippen LogP contribution in [0.1, 0.15) is 37.5 Å². The van der Waals surface area contributed by atoms with Crippen LogP contribution in [-0.4, -0.2) is 0 Å². The van der Waals surface area contributed by atoms with E-state index in [0.29, 0.717) is 0 Å². The molecule has 1 heteroatoms. The molecular weight excluding hydrogens is 391 g/mol. The Morgan fingerprint density at radius 3 is 2.22 bits per heavy atom. The number of benzene rings is 2. The van der Waals surface area contributed by atoms with E-state index in [4.69, 9.17) is 0 Å². The second-order valence-electron chi connectivity index (χ2n) is 6.39. The van der Waals surface area contributed by atoms with E-state index in [1.165, 1.54) is 31.4 Å². The standard InChI is InChI=1S/C22H21I/c1-4-5-6-7-8-9-16-10-12-18-19-13-11-17(23)15-21(19)22(2,3)20(18)14-16/h4-15H,1-3H3/b5-4-,7-6-,9-8+. The first-order valence-corrected chi connectivity index (χ1v) is 9.03. The molecule has 0 N–H and O–H groups in total. The lowest BCUT2D eigenvalue weighted by Gasteiger charge is -2.21.